The molecule has 132 valence electrons. The maximum Gasteiger partial charge on any atom is 0.185 e. The summed E-state index contributed by atoms with van der Waals surface area (Å²) < 4.78 is 12.4. The highest BCUT2D eigenvalue weighted by Crippen LogP contribution is 2.37. The van der Waals surface area contributed by atoms with Gasteiger partial charge in [-0.1, -0.05) is 50.3 Å². The van der Waals surface area contributed by atoms with E-state index in [1.807, 2.05) is 37.3 Å². The zero-order chi connectivity index (χ0) is 18.2. The number of hydrogen-bond acceptors (Lipinski definition) is 3. The number of benzene rings is 2. The van der Waals surface area contributed by atoms with Crippen LogP contribution in [-0.2, 0) is 0 Å². The Labute approximate surface area is 157 Å². The van der Waals surface area contributed by atoms with E-state index in [1.165, 1.54) is 0 Å². The van der Waals surface area contributed by atoms with Crippen molar-refractivity contribution in [2.24, 2.45) is 5.92 Å². The SMILES string of the molecule is CCOc1cc(/C=C/C(=O)c2ccccc2)cc(Br)c1OCC(C)C. The lowest BCUT2D eigenvalue weighted by Crippen LogP contribution is -2.07. The molecule has 0 aromatic heterocycles. The summed E-state index contributed by atoms with van der Waals surface area (Å²) in [6.07, 6.45) is 3.36. The lowest BCUT2D eigenvalue weighted by atomic mass is 10.1. The quantitative estimate of drug-likeness (QED) is 0.414. The van der Waals surface area contributed by atoms with E-state index >= 15 is 0 Å². The molecule has 0 fully saturated rings. The first kappa shape index (κ1) is 19.3. The second kappa shape index (κ2) is 9.42. The van der Waals surface area contributed by atoms with Gasteiger partial charge in [0.1, 0.15) is 0 Å². The van der Waals surface area contributed by atoms with E-state index in [0.717, 1.165) is 10.0 Å². The smallest absolute Gasteiger partial charge is 0.185 e. The molecule has 2 rings (SSSR count). The van der Waals surface area contributed by atoms with Gasteiger partial charge in [-0.05, 0) is 52.5 Å². The Morgan fingerprint density at radius 1 is 1.16 bits per heavy atom. The van der Waals surface area contributed by atoms with Crippen molar-refractivity contribution in [3.63, 3.8) is 0 Å². The summed E-state index contributed by atoms with van der Waals surface area (Å²) in [7, 11) is 0. The predicted molar refractivity (Wildman–Crippen MR) is 105 cm³/mol. The Hall–Kier alpha value is -2.07. The zero-order valence-corrected chi connectivity index (χ0v) is 16.4. The average Bonchev–Trinajstić information content (AvgIpc) is 2.59. The molecule has 0 saturated heterocycles. The third-order valence-corrected chi connectivity index (χ3v) is 3.97. The Bertz CT molecular complexity index is 736. The second-order valence-corrected chi connectivity index (χ2v) is 6.89. The van der Waals surface area contributed by atoms with Crippen LogP contribution in [0, 0.1) is 5.92 Å². The minimum Gasteiger partial charge on any atom is -0.490 e. The lowest BCUT2D eigenvalue weighted by Gasteiger charge is -2.15. The van der Waals surface area contributed by atoms with Crippen LogP contribution in [0.5, 0.6) is 11.5 Å². The fourth-order valence-corrected chi connectivity index (χ4v) is 2.78. The molecule has 4 heteroatoms. The normalized spacial score (nSPS) is 11.1. The molecule has 0 radical (unpaired) electrons. The number of ketones is 1. The molecule has 0 heterocycles. The molecule has 2 aromatic carbocycles. The van der Waals surface area contributed by atoms with Crippen LogP contribution in [0.2, 0.25) is 0 Å². The van der Waals surface area contributed by atoms with Crippen LogP contribution in [0.25, 0.3) is 6.08 Å². The Kier molecular flexibility index (Phi) is 7.26. The van der Waals surface area contributed by atoms with E-state index in [0.29, 0.717) is 36.2 Å². The number of allylic oxidation sites excluding steroid dienone is 1. The minimum absolute atomic E-state index is 0.0326. The molecule has 0 amide bonds. The summed E-state index contributed by atoms with van der Waals surface area (Å²) in [6, 6.07) is 13.0. The van der Waals surface area contributed by atoms with E-state index in [-0.39, 0.29) is 5.78 Å². The molecule has 3 nitrogen and oxygen atoms in total. The first-order valence-corrected chi connectivity index (χ1v) is 9.17. The number of carbonyl (C=O) groups excluding carboxylic acids is 1. The van der Waals surface area contributed by atoms with E-state index in [2.05, 4.69) is 29.8 Å². The van der Waals surface area contributed by atoms with Gasteiger partial charge in [0.15, 0.2) is 17.3 Å². The molecule has 0 aliphatic rings. The first-order valence-electron chi connectivity index (χ1n) is 8.37. The summed E-state index contributed by atoms with van der Waals surface area (Å²) in [6.45, 7) is 7.28. The van der Waals surface area contributed by atoms with Crippen molar-refractivity contribution in [2.45, 2.75) is 20.8 Å². The molecule has 0 aliphatic heterocycles. The molecule has 2 aromatic rings. The van der Waals surface area contributed by atoms with Crippen molar-refractivity contribution in [1.29, 1.82) is 0 Å². The summed E-state index contributed by atoms with van der Waals surface area (Å²) in [4.78, 5) is 12.2. The number of hydrogen-bond donors (Lipinski definition) is 0. The summed E-state index contributed by atoms with van der Waals surface area (Å²) in [5.41, 5.74) is 1.54. The van der Waals surface area contributed by atoms with Gasteiger partial charge in [-0.15, -0.1) is 0 Å². The molecule has 25 heavy (non-hydrogen) atoms. The highest BCUT2D eigenvalue weighted by molar-refractivity contribution is 9.10. The average molecular weight is 403 g/mol. The van der Waals surface area contributed by atoms with E-state index in [4.69, 9.17) is 9.47 Å². The van der Waals surface area contributed by atoms with Gasteiger partial charge >= 0.3 is 0 Å². The Morgan fingerprint density at radius 3 is 2.52 bits per heavy atom. The number of ether oxygens (including phenoxy) is 2. The molecular formula is C21H23BrO3. The largest absolute Gasteiger partial charge is 0.490 e. The summed E-state index contributed by atoms with van der Waals surface area (Å²) in [5, 5.41) is 0. The molecule has 0 spiro atoms. The highest BCUT2D eigenvalue weighted by atomic mass is 79.9. The van der Waals surface area contributed by atoms with Gasteiger partial charge in [0.25, 0.3) is 0 Å². The van der Waals surface area contributed by atoms with Crippen LogP contribution in [0.3, 0.4) is 0 Å². The van der Waals surface area contributed by atoms with Gasteiger partial charge in [-0.3, -0.25) is 4.79 Å². The molecule has 0 unspecified atom stereocenters. The van der Waals surface area contributed by atoms with Gasteiger partial charge < -0.3 is 9.47 Å². The van der Waals surface area contributed by atoms with Crippen molar-refractivity contribution in [3.05, 3.63) is 64.1 Å². The fraction of sp³-hybridized carbons (Fsp3) is 0.286. The minimum atomic E-state index is -0.0326. The molecule has 0 aliphatic carbocycles. The topological polar surface area (TPSA) is 35.5 Å². The van der Waals surface area contributed by atoms with Crippen LogP contribution >= 0.6 is 15.9 Å². The van der Waals surface area contributed by atoms with Crippen molar-refractivity contribution < 1.29 is 14.3 Å². The fourth-order valence-electron chi connectivity index (χ4n) is 2.21. The van der Waals surface area contributed by atoms with Gasteiger partial charge in [-0.2, -0.15) is 0 Å². The van der Waals surface area contributed by atoms with Crippen LogP contribution < -0.4 is 9.47 Å². The Morgan fingerprint density at radius 2 is 1.88 bits per heavy atom. The molecule has 0 bridgehead atoms. The van der Waals surface area contributed by atoms with Crippen molar-refractivity contribution in [3.8, 4) is 11.5 Å². The van der Waals surface area contributed by atoms with E-state index in [1.54, 1.807) is 24.3 Å². The van der Waals surface area contributed by atoms with Gasteiger partial charge in [-0.25, -0.2) is 0 Å². The first-order chi connectivity index (χ1) is 12.0. The monoisotopic (exact) mass is 402 g/mol. The summed E-state index contributed by atoms with van der Waals surface area (Å²) in [5.74, 6) is 1.76. The maximum absolute atomic E-state index is 12.2. The standard InChI is InChI=1S/C21H23BrO3/c1-4-24-20-13-16(12-18(22)21(20)25-14-15(2)3)10-11-19(23)17-8-6-5-7-9-17/h5-13,15H,4,14H2,1-3H3/b11-10+. The third kappa shape index (κ3) is 5.75. The molecule has 0 saturated carbocycles. The van der Waals surface area contributed by atoms with Gasteiger partial charge in [0.05, 0.1) is 17.7 Å². The number of carbonyl (C=O) groups is 1. The predicted octanol–water partition coefficient (Wildman–Crippen LogP) is 5.78. The van der Waals surface area contributed by atoms with Crippen molar-refractivity contribution in [2.75, 3.05) is 13.2 Å². The molecule has 0 atom stereocenters. The number of halogens is 1. The van der Waals surface area contributed by atoms with E-state index in [9.17, 15) is 4.79 Å². The van der Waals surface area contributed by atoms with Crippen LogP contribution in [0.4, 0.5) is 0 Å². The maximum atomic E-state index is 12.2. The summed E-state index contributed by atoms with van der Waals surface area (Å²) >= 11 is 3.55. The van der Waals surface area contributed by atoms with Gasteiger partial charge in [0, 0.05) is 5.56 Å². The number of rotatable bonds is 8. The lowest BCUT2D eigenvalue weighted by molar-refractivity contribution is 0.104. The van der Waals surface area contributed by atoms with Crippen LogP contribution in [-0.4, -0.2) is 19.0 Å². The van der Waals surface area contributed by atoms with E-state index < -0.39 is 0 Å². The van der Waals surface area contributed by atoms with Gasteiger partial charge in [0.2, 0.25) is 0 Å². The van der Waals surface area contributed by atoms with Crippen molar-refractivity contribution >= 4 is 27.8 Å². The van der Waals surface area contributed by atoms with Crippen LogP contribution in [0.15, 0.2) is 53.0 Å². The highest BCUT2D eigenvalue weighted by Gasteiger charge is 2.12. The Balaban J connectivity index is 2.23. The molecule has 0 N–H and O–H groups in total. The third-order valence-electron chi connectivity index (χ3n) is 3.38. The van der Waals surface area contributed by atoms with Crippen molar-refractivity contribution in [1.82, 2.24) is 0 Å². The van der Waals surface area contributed by atoms with Crippen LogP contribution in [0.1, 0.15) is 36.7 Å². The molecular weight excluding hydrogens is 380 g/mol. The zero-order valence-electron chi connectivity index (χ0n) is 14.8. The second-order valence-electron chi connectivity index (χ2n) is 6.03.